The van der Waals surface area contributed by atoms with Crippen LogP contribution < -0.4 is 0 Å². The van der Waals surface area contributed by atoms with Crippen LogP contribution in [-0.2, 0) is 9.53 Å². The molecular formula is C18H24N2O4. The highest BCUT2D eigenvalue weighted by Crippen LogP contribution is 2.47. The smallest absolute Gasteiger partial charge is 0.409 e. The lowest BCUT2D eigenvalue weighted by Crippen LogP contribution is -2.50. The number of ether oxygens (including phenoxy) is 1. The largest absolute Gasteiger partial charge is 0.461 e. The van der Waals surface area contributed by atoms with Crippen LogP contribution in [0.25, 0.3) is 6.08 Å². The summed E-state index contributed by atoms with van der Waals surface area (Å²) in [6.45, 7) is 6.40. The van der Waals surface area contributed by atoms with E-state index in [1.54, 1.807) is 28.9 Å². The molecule has 1 aliphatic carbocycles. The normalized spacial score (nSPS) is 23.6. The van der Waals surface area contributed by atoms with Crippen LogP contribution in [0.15, 0.2) is 22.6 Å². The van der Waals surface area contributed by atoms with Crippen LogP contribution >= 0.6 is 0 Å². The van der Waals surface area contributed by atoms with Crippen LogP contribution in [0, 0.1) is 5.92 Å². The monoisotopic (exact) mass is 332 g/mol. The first-order chi connectivity index (χ1) is 11.6. The number of furan rings is 1. The molecule has 130 valence electrons. The molecule has 2 heterocycles. The zero-order valence-corrected chi connectivity index (χ0v) is 14.2. The fourth-order valence-electron chi connectivity index (χ4n) is 2.96. The molecule has 3 rings (SSSR count). The lowest BCUT2D eigenvalue weighted by atomic mass is 10.3. The quantitative estimate of drug-likeness (QED) is 0.795. The van der Waals surface area contributed by atoms with Crippen LogP contribution in [0.4, 0.5) is 4.79 Å². The van der Waals surface area contributed by atoms with Gasteiger partial charge in [-0.2, -0.15) is 0 Å². The van der Waals surface area contributed by atoms with Crippen molar-refractivity contribution >= 4 is 18.1 Å². The predicted molar refractivity (Wildman–Crippen MR) is 89.4 cm³/mol. The van der Waals surface area contributed by atoms with E-state index in [1.165, 1.54) is 6.42 Å². The zero-order valence-electron chi connectivity index (χ0n) is 14.2. The van der Waals surface area contributed by atoms with Crippen LogP contribution in [0.5, 0.6) is 0 Å². The van der Waals surface area contributed by atoms with E-state index in [-0.39, 0.29) is 12.0 Å². The standard InChI is InChI=1S/C18H24N2O4/c1-3-23-18(22)20-10-8-19(9-11-20)17(21)7-5-14-4-6-16(24-14)15-12-13(15)2/h4-7,13,15H,3,8-12H2,1-2H3/b7-5+. The van der Waals surface area contributed by atoms with Gasteiger partial charge in [-0.3, -0.25) is 4.79 Å². The highest BCUT2D eigenvalue weighted by Gasteiger charge is 2.36. The van der Waals surface area contributed by atoms with Crippen molar-refractivity contribution in [2.75, 3.05) is 32.8 Å². The van der Waals surface area contributed by atoms with Crippen LogP contribution in [0.1, 0.15) is 37.7 Å². The van der Waals surface area contributed by atoms with Gasteiger partial charge in [0.1, 0.15) is 11.5 Å². The van der Waals surface area contributed by atoms with Gasteiger partial charge in [0.25, 0.3) is 0 Å². The molecule has 1 aromatic rings. The SMILES string of the molecule is CCOC(=O)N1CCN(C(=O)/C=C/c2ccc(C3CC3C)o2)CC1. The number of amides is 2. The highest BCUT2D eigenvalue weighted by atomic mass is 16.6. The molecule has 0 aromatic carbocycles. The summed E-state index contributed by atoms with van der Waals surface area (Å²) in [6.07, 6.45) is 4.13. The topological polar surface area (TPSA) is 63.0 Å². The average Bonchev–Trinajstić information content (AvgIpc) is 3.13. The molecule has 2 aliphatic rings. The fraction of sp³-hybridized carbons (Fsp3) is 0.556. The van der Waals surface area contributed by atoms with E-state index >= 15 is 0 Å². The Morgan fingerprint density at radius 2 is 1.92 bits per heavy atom. The third-order valence-corrected chi connectivity index (χ3v) is 4.63. The first kappa shape index (κ1) is 16.6. The Bertz CT molecular complexity index is 629. The van der Waals surface area contributed by atoms with Crippen LogP contribution in [0.2, 0.25) is 0 Å². The summed E-state index contributed by atoms with van der Waals surface area (Å²) in [5.41, 5.74) is 0. The fourth-order valence-corrected chi connectivity index (χ4v) is 2.96. The van der Waals surface area contributed by atoms with E-state index in [0.717, 1.165) is 5.76 Å². The minimum Gasteiger partial charge on any atom is -0.461 e. The van der Waals surface area contributed by atoms with Gasteiger partial charge in [0.15, 0.2) is 0 Å². The second kappa shape index (κ2) is 7.11. The maximum atomic E-state index is 12.2. The van der Waals surface area contributed by atoms with E-state index in [2.05, 4.69) is 6.92 Å². The van der Waals surface area contributed by atoms with Crippen molar-refractivity contribution in [2.24, 2.45) is 5.92 Å². The molecule has 1 saturated carbocycles. The number of carbonyl (C=O) groups is 2. The maximum Gasteiger partial charge on any atom is 0.409 e. The summed E-state index contributed by atoms with van der Waals surface area (Å²) in [7, 11) is 0. The molecule has 0 N–H and O–H groups in total. The summed E-state index contributed by atoms with van der Waals surface area (Å²) in [4.78, 5) is 27.3. The summed E-state index contributed by atoms with van der Waals surface area (Å²) in [6, 6.07) is 3.90. The van der Waals surface area contributed by atoms with Gasteiger partial charge in [-0.15, -0.1) is 0 Å². The van der Waals surface area contributed by atoms with Crippen molar-refractivity contribution in [3.05, 3.63) is 29.7 Å². The second-order valence-electron chi connectivity index (χ2n) is 6.40. The molecule has 2 unspecified atom stereocenters. The first-order valence-electron chi connectivity index (χ1n) is 8.57. The van der Waals surface area contributed by atoms with Crippen molar-refractivity contribution in [3.8, 4) is 0 Å². The van der Waals surface area contributed by atoms with Crippen LogP contribution in [-0.4, -0.2) is 54.6 Å². The molecule has 6 heteroatoms. The zero-order chi connectivity index (χ0) is 17.1. The Hall–Kier alpha value is -2.24. The lowest BCUT2D eigenvalue weighted by molar-refractivity contribution is -0.127. The minimum absolute atomic E-state index is 0.0590. The van der Waals surface area contributed by atoms with E-state index in [0.29, 0.717) is 50.4 Å². The average molecular weight is 332 g/mol. The summed E-state index contributed by atoms with van der Waals surface area (Å²) < 4.78 is 10.7. The molecule has 0 bridgehead atoms. The van der Waals surface area contributed by atoms with Crippen molar-refractivity contribution in [2.45, 2.75) is 26.2 Å². The number of piperazine rings is 1. The van der Waals surface area contributed by atoms with Gasteiger partial charge >= 0.3 is 6.09 Å². The Morgan fingerprint density at radius 3 is 2.54 bits per heavy atom. The van der Waals surface area contributed by atoms with Gasteiger partial charge in [-0.1, -0.05) is 6.92 Å². The first-order valence-corrected chi connectivity index (χ1v) is 8.57. The van der Waals surface area contributed by atoms with Gasteiger partial charge in [0.05, 0.1) is 6.61 Å². The van der Waals surface area contributed by atoms with Crippen LogP contribution in [0.3, 0.4) is 0 Å². The van der Waals surface area contributed by atoms with E-state index in [4.69, 9.17) is 9.15 Å². The number of rotatable bonds is 4. The number of carbonyl (C=O) groups excluding carboxylic acids is 2. The number of hydrogen-bond acceptors (Lipinski definition) is 4. The third-order valence-electron chi connectivity index (χ3n) is 4.63. The molecule has 1 aliphatic heterocycles. The number of nitrogens with zero attached hydrogens (tertiary/aromatic N) is 2. The van der Waals surface area contributed by atoms with Crippen molar-refractivity contribution in [1.82, 2.24) is 9.80 Å². The maximum absolute atomic E-state index is 12.2. The number of hydrogen-bond donors (Lipinski definition) is 0. The molecule has 2 atom stereocenters. The Labute approximate surface area is 142 Å². The van der Waals surface area contributed by atoms with E-state index in [9.17, 15) is 9.59 Å². The summed E-state index contributed by atoms with van der Waals surface area (Å²) >= 11 is 0. The molecule has 1 aromatic heterocycles. The van der Waals surface area contributed by atoms with Gasteiger partial charge in [-0.05, 0) is 37.5 Å². The minimum atomic E-state index is -0.308. The summed E-state index contributed by atoms with van der Waals surface area (Å²) in [5.74, 6) is 2.90. The third kappa shape index (κ3) is 3.80. The molecule has 2 fully saturated rings. The molecule has 0 radical (unpaired) electrons. The highest BCUT2D eigenvalue weighted by molar-refractivity contribution is 5.91. The second-order valence-corrected chi connectivity index (χ2v) is 6.40. The lowest BCUT2D eigenvalue weighted by Gasteiger charge is -2.33. The summed E-state index contributed by atoms with van der Waals surface area (Å²) in [5, 5.41) is 0. The van der Waals surface area contributed by atoms with Crippen molar-refractivity contribution in [3.63, 3.8) is 0 Å². The van der Waals surface area contributed by atoms with Crippen molar-refractivity contribution < 1.29 is 18.7 Å². The Kier molecular flexibility index (Phi) is 4.92. The molecule has 6 nitrogen and oxygen atoms in total. The van der Waals surface area contributed by atoms with Gasteiger partial charge in [0, 0.05) is 38.2 Å². The molecular weight excluding hydrogens is 308 g/mol. The molecule has 0 spiro atoms. The van der Waals surface area contributed by atoms with Gasteiger partial charge in [-0.25, -0.2) is 4.79 Å². The molecule has 2 amide bonds. The van der Waals surface area contributed by atoms with E-state index < -0.39 is 0 Å². The molecule has 1 saturated heterocycles. The Morgan fingerprint density at radius 1 is 1.25 bits per heavy atom. The van der Waals surface area contributed by atoms with E-state index in [1.807, 2.05) is 12.1 Å². The van der Waals surface area contributed by atoms with Gasteiger partial charge in [0.2, 0.25) is 5.91 Å². The van der Waals surface area contributed by atoms with Crippen molar-refractivity contribution in [1.29, 1.82) is 0 Å². The van der Waals surface area contributed by atoms with Gasteiger partial charge < -0.3 is 19.0 Å². The predicted octanol–water partition coefficient (Wildman–Crippen LogP) is 2.72. The Balaban J connectivity index is 1.49. The molecule has 24 heavy (non-hydrogen) atoms.